The first-order valence-corrected chi connectivity index (χ1v) is 7.58. The number of carbonyl (C=O) groups excluding carboxylic acids is 1. The standard InChI is InChI=1S/C15H28N2O3/c1-5-12(4)14(15(19)20)16-13(18)9-17-7-10(2)6-11(3)8-17/h10-12,14H,5-9H2,1-4H3,(H,16,18)(H,19,20). The number of aliphatic carboxylic acids is 1. The summed E-state index contributed by atoms with van der Waals surface area (Å²) in [5.41, 5.74) is 0. The Labute approximate surface area is 121 Å². The van der Waals surface area contributed by atoms with E-state index in [4.69, 9.17) is 0 Å². The number of nitrogens with zero attached hydrogens (tertiary/aromatic N) is 1. The second kappa shape index (κ2) is 7.62. The van der Waals surface area contributed by atoms with Crippen molar-refractivity contribution in [2.24, 2.45) is 17.8 Å². The summed E-state index contributed by atoms with van der Waals surface area (Å²) in [5, 5.41) is 11.8. The first kappa shape index (κ1) is 17.0. The van der Waals surface area contributed by atoms with E-state index in [9.17, 15) is 14.7 Å². The number of carboxylic acids is 1. The lowest BCUT2D eigenvalue weighted by atomic mass is 9.92. The number of rotatable bonds is 6. The van der Waals surface area contributed by atoms with Gasteiger partial charge in [0.1, 0.15) is 6.04 Å². The Bertz CT molecular complexity index is 336. The van der Waals surface area contributed by atoms with Gasteiger partial charge in [0.15, 0.2) is 0 Å². The zero-order valence-electron chi connectivity index (χ0n) is 13.1. The number of hydrogen-bond acceptors (Lipinski definition) is 3. The molecule has 0 aromatic rings. The zero-order valence-corrected chi connectivity index (χ0v) is 13.1. The molecule has 0 aromatic heterocycles. The van der Waals surface area contributed by atoms with Gasteiger partial charge in [-0.3, -0.25) is 9.69 Å². The second-order valence-electron chi connectivity index (χ2n) is 6.41. The van der Waals surface area contributed by atoms with E-state index in [1.165, 1.54) is 6.42 Å². The highest BCUT2D eigenvalue weighted by atomic mass is 16.4. The first-order valence-electron chi connectivity index (χ1n) is 7.58. The fourth-order valence-electron chi connectivity index (χ4n) is 3.03. The molecule has 4 atom stereocenters. The average Bonchev–Trinajstić information content (AvgIpc) is 2.33. The van der Waals surface area contributed by atoms with Crippen LogP contribution in [0.15, 0.2) is 0 Å². The van der Waals surface area contributed by atoms with Crippen LogP contribution in [0.5, 0.6) is 0 Å². The fourth-order valence-corrected chi connectivity index (χ4v) is 3.03. The molecular weight excluding hydrogens is 256 g/mol. The van der Waals surface area contributed by atoms with Crippen molar-refractivity contribution in [3.63, 3.8) is 0 Å². The van der Waals surface area contributed by atoms with Gasteiger partial charge in [-0.05, 0) is 24.2 Å². The summed E-state index contributed by atoms with van der Waals surface area (Å²) in [4.78, 5) is 25.4. The van der Waals surface area contributed by atoms with Gasteiger partial charge >= 0.3 is 5.97 Å². The molecule has 1 aliphatic rings. The van der Waals surface area contributed by atoms with Crippen molar-refractivity contribution in [1.82, 2.24) is 10.2 Å². The SMILES string of the molecule is CCC(C)C(NC(=O)CN1CC(C)CC(C)C1)C(=O)O. The number of nitrogens with one attached hydrogen (secondary N) is 1. The van der Waals surface area contributed by atoms with Crippen LogP contribution in [0, 0.1) is 17.8 Å². The quantitative estimate of drug-likeness (QED) is 0.777. The molecule has 5 nitrogen and oxygen atoms in total. The van der Waals surface area contributed by atoms with Crippen molar-refractivity contribution < 1.29 is 14.7 Å². The summed E-state index contributed by atoms with van der Waals surface area (Å²) >= 11 is 0. The average molecular weight is 284 g/mol. The second-order valence-corrected chi connectivity index (χ2v) is 6.41. The van der Waals surface area contributed by atoms with Gasteiger partial charge in [-0.2, -0.15) is 0 Å². The van der Waals surface area contributed by atoms with Gasteiger partial charge in [-0.25, -0.2) is 4.79 Å². The van der Waals surface area contributed by atoms with Crippen LogP contribution >= 0.6 is 0 Å². The van der Waals surface area contributed by atoms with Crippen molar-refractivity contribution in [1.29, 1.82) is 0 Å². The van der Waals surface area contributed by atoms with E-state index in [2.05, 4.69) is 24.1 Å². The third-order valence-corrected chi connectivity index (χ3v) is 4.11. The fraction of sp³-hybridized carbons (Fsp3) is 0.867. The number of carboxylic acid groups (broad SMARTS) is 1. The molecule has 1 rings (SSSR count). The lowest BCUT2D eigenvalue weighted by Crippen LogP contribution is -2.50. The van der Waals surface area contributed by atoms with Crippen LogP contribution in [0.4, 0.5) is 0 Å². The Morgan fingerprint density at radius 3 is 2.30 bits per heavy atom. The molecule has 4 unspecified atom stereocenters. The van der Waals surface area contributed by atoms with Gasteiger partial charge in [0, 0.05) is 13.1 Å². The highest BCUT2D eigenvalue weighted by molar-refractivity contribution is 5.84. The molecule has 2 N–H and O–H groups in total. The van der Waals surface area contributed by atoms with Gasteiger partial charge < -0.3 is 10.4 Å². The maximum atomic E-state index is 12.0. The van der Waals surface area contributed by atoms with Gasteiger partial charge in [-0.15, -0.1) is 0 Å². The number of piperidine rings is 1. The number of hydrogen-bond donors (Lipinski definition) is 2. The molecule has 0 bridgehead atoms. The molecule has 0 aliphatic carbocycles. The van der Waals surface area contributed by atoms with Crippen molar-refractivity contribution in [3.05, 3.63) is 0 Å². The van der Waals surface area contributed by atoms with Crippen molar-refractivity contribution in [3.8, 4) is 0 Å². The summed E-state index contributed by atoms with van der Waals surface area (Å²) < 4.78 is 0. The Morgan fingerprint density at radius 2 is 1.85 bits per heavy atom. The molecule has 20 heavy (non-hydrogen) atoms. The van der Waals surface area contributed by atoms with Gasteiger partial charge in [-0.1, -0.05) is 34.1 Å². The molecule has 0 radical (unpaired) electrons. The van der Waals surface area contributed by atoms with Crippen LogP contribution in [-0.2, 0) is 9.59 Å². The highest BCUT2D eigenvalue weighted by Crippen LogP contribution is 2.20. The normalized spacial score (nSPS) is 26.8. The third-order valence-electron chi connectivity index (χ3n) is 4.11. The summed E-state index contributed by atoms with van der Waals surface area (Å²) in [7, 11) is 0. The van der Waals surface area contributed by atoms with E-state index < -0.39 is 12.0 Å². The highest BCUT2D eigenvalue weighted by Gasteiger charge is 2.27. The number of carbonyl (C=O) groups is 2. The molecule has 0 saturated carbocycles. The van der Waals surface area contributed by atoms with Crippen molar-refractivity contribution in [2.45, 2.75) is 46.6 Å². The Hall–Kier alpha value is -1.10. The Morgan fingerprint density at radius 1 is 1.30 bits per heavy atom. The molecule has 0 spiro atoms. The lowest BCUT2D eigenvalue weighted by molar-refractivity contribution is -0.143. The maximum Gasteiger partial charge on any atom is 0.326 e. The van der Waals surface area contributed by atoms with E-state index >= 15 is 0 Å². The van der Waals surface area contributed by atoms with Crippen LogP contribution < -0.4 is 5.32 Å². The lowest BCUT2D eigenvalue weighted by Gasteiger charge is -2.34. The third kappa shape index (κ3) is 5.12. The van der Waals surface area contributed by atoms with E-state index in [0.29, 0.717) is 18.4 Å². The van der Waals surface area contributed by atoms with Crippen molar-refractivity contribution in [2.75, 3.05) is 19.6 Å². The minimum atomic E-state index is -0.951. The Kier molecular flexibility index (Phi) is 6.46. The molecule has 1 heterocycles. The summed E-state index contributed by atoms with van der Waals surface area (Å²) in [6, 6.07) is -0.785. The predicted molar refractivity (Wildman–Crippen MR) is 78.4 cm³/mol. The summed E-state index contributed by atoms with van der Waals surface area (Å²) in [5.74, 6) is -0.00416. The van der Waals surface area contributed by atoms with E-state index in [-0.39, 0.29) is 11.8 Å². The molecule has 116 valence electrons. The van der Waals surface area contributed by atoms with Crippen LogP contribution in [-0.4, -0.2) is 47.6 Å². The zero-order chi connectivity index (χ0) is 15.3. The van der Waals surface area contributed by atoms with Gasteiger partial charge in [0.05, 0.1) is 6.54 Å². The van der Waals surface area contributed by atoms with Crippen molar-refractivity contribution >= 4 is 11.9 Å². The number of likely N-dealkylation sites (tertiary alicyclic amines) is 1. The minimum absolute atomic E-state index is 0.0596. The molecule has 5 heteroatoms. The monoisotopic (exact) mass is 284 g/mol. The predicted octanol–water partition coefficient (Wildman–Crippen LogP) is 1.58. The largest absolute Gasteiger partial charge is 0.480 e. The van der Waals surface area contributed by atoms with E-state index in [1.54, 1.807) is 0 Å². The topological polar surface area (TPSA) is 69.6 Å². The van der Waals surface area contributed by atoms with Crippen LogP contribution in [0.1, 0.15) is 40.5 Å². The first-order chi connectivity index (χ1) is 9.33. The van der Waals surface area contributed by atoms with E-state index in [0.717, 1.165) is 19.5 Å². The number of amides is 1. The minimum Gasteiger partial charge on any atom is -0.480 e. The molecule has 1 amide bonds. The molecule has 1 fully saturated rings. The smallest absolute Gasteiger partial charge is 0.326 e. The molecule has 1 saturated heterocycles. The van der Waals surface area contributed by atoms with Crippen LogP contribution in [0.3, 0.4) is 0 Å². The summed E-state index contributed by atoms with van der Waals surface area (Å²) in [6.07, 6.45) is 1.93. The van der Waals surface area contributed by atoms with Crippen LogP contribution in [0.2, 0.25) is 0 Å². The molecule has 0 aromatic carbocycles. The maximum absolute atomic E-state index is 12.0. The van der Waals surface area contributed by atoms with Gasteiger partial charge in [0.25, 0.3) is 0 Å². The van der Waals surface area contributed by atoms with E-state index in [1.807, 2.05) is 13.8 Å². The van der Waals surface area contributed by atoms with Gasteiger partial charge in [0.2, 0.25) is 5.91 Å². The molecule has 1 aliphatic heterocycles. The molecular formula is C15H28N2O3. The summed E-state index contributed by atoms with van der Waals surface area (Å²) in [6.45, 7) is 10.3. The Balaban J connectivity index is 2.51. The van der Waals surface area contributed by atoms with Crippen LogP contribution in [0.25, 0.3) is 0 Å².